The lowest BCUT2D eigenvalue weighted by molar-refractivity contribution is 0.203. The van der Waals surface area contributed by atoms with Crippen molar-refractivity contribution < 1.29 is 0 Å². The predicted octanol–water partition coefficient (Wildman–Crippen LogP) is 2.19. The molecule has 98 valence electrons. The topological polar surface area (TPSA) is 28.2 Å². The van der Waals surface area contributed by atoms with Gasteiger partial charge >= 0.3 is 0 Å². The lowest BCUT2D eigenvalue weighted by Crippen LogP contribution is -2.49. The van der Waals surface area contributed by atoms with Crippen LogP contribution in [-0.4, -0.2) is 35.1 Å². The number of rotatable bonds is 2. The minimum Gasteiger partial charge on any atom is -0.310 e. The van der Waals surface area contributed by atoms with E-state index >= 15 is 0 Å². The number of pyridine rings is 1. The molecule has 0 bridgehead atoms. The van der Waals surface area contributed by atoms with Crippen LogP contribution in [0.3, 0.4) is 0 Å². The molecule has 1 aliphatic heterocycles. The molecule has 0 aromatic carbocycles. The summed E-state index contributed by atoms with van der Waals surface area (Å²) in [5.41, 5.74) is 1.81. The second kappa shape index (κ2) is 5.37. The average Bonchev–Trinajstić information content (AvgIpc) is 2.75. The Kier molecular flexibility index (Phi) is 3.62. The van der Waals surface area contributed by atoms with Crippen LogP contribution in [0, 0.1) is 0 Å². The summed E-state index contributed by atoms with van der Waals surface area (Å²) in [6.45, 7) is 4.70. The van der Waals surface area contributed by atoms with Crippen LogP contribution in [0.2, 0.25) is 0 Å². The summed E-state index contributed by atoms with van der Waals surface area (Å²) >= 11 is 0. The molecule has 1 aliphatic carbocycles. The maximum atomic E-state index is 4.10. The zero-order valence-corrected chi connectivity index (χ0v) is 11.1. The fourth-order valence-electron chi connectivity index (χ4n) is 3.49. The van der Waals surface area contributed by atoms with E-state index in [0.29, 0.717) is 5.54 Å². The maximum Gasteiger partial charge on any atom is 0.0308 e. The third-order valence-electron chi connectivity index (χ3n) is 4.39. The van der Waals surface area contributed by atoms with Gasteiger partial charge in [-0.15, -0.1) is 0 Å². The second-order valence-corrected chi connectivity index (χ2v) is 5.83. The van der Waals surface area contributed by atoms with Gasteiger partial charge in [-0.1, -0.05) is 12.8 Å². The van der Waals surface area contributed by atoms with Crippen molar-refractivity contribution >= 4 is 0 Å². The van der Waals surface area contributed by atoms with Crippen LogP contribution in [0.4, 0.5) is 0 Å². The lowest BCUT2D eigenvalue weighted by atomic mass is 9.97. The van der Waals surface area contributed by atoms with Gasteiger partial charge in [-0.05, 0) is 50.0 Å². The van der Waals surface area contributed by atoms with E-state index in [1.54, 1.807) is 0 Å². The Morgan fingerprint density at radius 1 is 1.17 bits per heavy atom. The normalized spacial score (nSPS) is 24.2. The Morgan fingerprint density at radius 2 is 1.94 bits per heavy atom. The first kappa shape index (κ1) is 12.1. The number of nitrogens with zero attached hydrogens (tertiary/aromatic N) is 2. The Morgan fingerprint density at radius 3 is 2.72 bits per heavy atom. The van der Waals surface area contributed by atoms with Crippen LogP contribution in [0.1, 0.15) is 37.7 Å². The first-order chi connectivity index (χ1) is 8.86. The summed E-state index contributed by atoms with van der Waals surface area (Å²) in [5, 5.41) is 3.82. The van der Waals surface area contributed by atoms with E-state index in [9.17, 15) is 0 Å². The van der Waals surface area contributed by atoms with Gasteiger partial charge in [0, 0.05) is 31.0 Å². The van der Waals surface area contributed by atoms with E-state index in [4.69, 9.17) is 0 Å². The predicted molar refractivity (Wildman–Crippen MR) is 73.3 cm³/mol. The Labute approximate surface area is 110 Å². The van der Waals surface area contributed by atoms with Crippen molar-refractivity contribution in [3.63, 3.8) is 0 Å². The molecule has 2 heterocycles. The third-order valence-corrected chi connectivity index (χ3v) is 4.39. The zero-order chi connectivity index (χ0) is 12.3. The van der Waals surface area contributed by atoms with E-state index in [1.165, 1.54) is 57.3 Å². The van der Waals surface area contributed by atoms with Gasteiger partial charge in [0.2, 0.25) is 0 Å². The Hall–Kier alpha value is -0.930. The van der Waals surface area contributed by atoms with E-state index in [0.717, 1.165) is 6.54 Å². The highest BCUT2D eigenvalue weighted by Gasteiger charge is 2.36. The van der Waals surface area contributed by atoms with Crippen molar-refractivity contribution in [3.05, 3.63) is 30.1 Å². The highest BCUT2D eigenvalue weighted by atomic mass is 15.2. The molecule has 0 unspecified atom stereocenters. The van der Waals surface area contributed by atoms with E-state index in [-0.39, 0.29) is 0 Å². The van der Waals surface area contributed by atoms with Crippen molar-refractivity contribution in [2.45, 2.75) is 44.2 Å². The molecule has 1 aromatic heterocycles. The molecular formula is C15H23N3. The van der Waals surface area contributed by atoms with E-state index in [1.807, 2.05) is 12.4 Å². The van der Waals surface area contributed by atoms with Gasteiger partial charge in [-0.2, -0.15) is 0 Å². The summed E-state index contributed by atoms with van der Waals surface area (Å²) in [7, 11) is 0. The molecule has 0 atom stereocenters. The fraction of sp³-hybridized carbons (Fsp3) is 0.667. The molecule has 3 rings (SSSR count). The van der Waals surface area contributed by atoms with Crippen LogP contribution in [-0.2, 0) is 6.54 Å². The van der Waals surface area contributed by atoms with Crippen molar-refractivity contribution in [1.82, 2.24) is 15.2 Å². The number of nitrogens with one attached hydrogen (secondary N) is 1. The zero-order valence-electron chi connectivity index (χ0n) is 11.1. The fourth-order valence-corrected chi connectivity index (χ4v) is 3.49. The summed E-state index contributed by atoms with van der Waals surface area (Å²) in [4.78, 5) is 6.72. The molecule has 18 heavy (non-hydrogen) atoms. The smallest absolute Gasteiger partial charge is 0.0308 e. The van der Waals surface area contributed by atoms with Gasteiger partial charge < -0.3 is 5.32 Å². The first-order valence-electron chi connectivity index (χ1n) is 7.23. The van der Waals surface area contributed by atoms with Gasteiger partial charge in [-0.3, -0.25) is 9.88 Å². The molecule has 1 N–H and O–H groups in total. The first-order valence-corrected chi connectivity index (χ1v) is 7.23. The number of hydrogen-bond donors (Lipinski definition) is 1. The van der Waals surface area contributed by atoms with Gasteiger partial charge in [0.15, 0.2) is 0 Å². The minimum absolute atomic E-state index is 0.420. The second-order valence-electron chi connectivity index (χ2n) is 5.83. The molecule has 2 fully saturated rings. The standard InChI is InChI=1S/C15H23N3/c1-2-7-15(6-1)13-18(11-3-8-17-15)12-14-4-9-16-10-5-14/h4-5,9-10,17H,1-3,6-8,11-13H2. The molecule has 0 amide bonds. The van der Waals surface area contributed by atoms with Crippen molar-refractivity contribution in [2.24, 2.45) is 0 Å². The Bertz CT molecular complexity index is 371. The highest BCUT2D eigenvalue weighted by Crippen LogP contribution is 2.32. The van der Waals surface area contributed by atoms with Crippen LogP contribution < -0.4 is 5.32 Å². The van der Waals surface area contributed by atoms with Gasteiger partial charge in [0.05, 0.1) is 0 Å². The number of aromatic nitrogens is 1. The molecule has 1 saturated heterocycles. The van der Waals surface area contributed by atoms with Gasteiger partial charge in [0.25, 0.3) is 0 Å². The Balaban J connectivity index is 1.68. The van der Waals surface area contributed by atoms with Crippen molar-refractivity contribution in [3.8, 4) is 0 Å². The van der Waals surface area contributed by atoms with Crippen LogP contribution in [0.15, 0.2) is 24.5 Å². The van der Waals surface area contributed by atoms with Crippen molar-refractivity contribution in [2.75, 3.05) is 19.6 Å². The summed E-state index contributed by atoms with van der Waals surface area (Å²) in [5.74, 6) is 0. The monoisotopic (exact) mass is 245 g/mol. The molecule has 1 spiro atoms. The molecule has 1 saturated carbocycles. The average molecular weight is 245 g/mol. The van der Waals surface area contributed by atoms with Crippen LogP contribution in [0.5, 0.6) is 0 Å². The number of hydrogen-bond acceptors (Lipinski definition) is 3. The maximum absolute atomic E-state index is 4.10. The lowest BCUT2D eigenvalue weighted by Gasteiger charge is -2.33. The highest BCUT2D eigenvalue weighted by molar-refractivity contribution is 5.10. The molecule has 3 nitrogen and oxygen atoms in total. The summed E-state index contributed by atoms with van der Waals surface area (Å²) in [6, 6.07) is 4.28. The van der Waals surface area contributed by atoms with Gasteiger partial charge in [0.1, 0.15) is 0 Å². The van der Waals surface area contributed by atoms with E-state index in [2.05, 4.69) is 27.3 Å². The largest absolute Gasteiger partial charge is 0.310 e. The van der Waals surface area contributed by atoms with Gasteiger partial charge in [-0.25, -0.2) is 0 Å². The van der Waals surface area contributed by atoms with E-state index < -0.39 is 0 Å². The molecule has 0 radical (unpaired) electrons. The summed E-state index contributed by atoms with van der Waals surface area (Å²) in [6.07, 6.45) is 10.6. The van der Waals surface area contributed by atoms with Crippen molar-refractivity contribution in [1.29, 1.82) is 0 Å². The molecule has 3 heteroatoms. The molecule has 2 aliphatic rings. The molecular weight excluding hydrogens is 222 g/mol. The summed E-state index contributed by atoms with van der Waals surface area (Å²) < 4.78 is 0. The third kappa shape index (κ3) is 2.73. The van der Waals surface area contributed by atoms with Crippen LogP contribution >= 0.6 is 0 Å². The quantitative estimate of drug-likeness (QED) is 0.865. The minimum atomic E-state index is 0.420. The van der Waals surface area contributed by atoms with Crippen LogP contribution in [0.25, 0.3) is 0 Å². The molecule has 1 aromatic rings. The SMILES string of the molecule is c1cc(CN2CCCNC3(CCCC3)C2)ccn1.